The van der Waals surface area contributed by atoms with Gasteiger partial charge in [0.15, 0.2) is 30.9 Å². The predicted molar refractivity (Wildman–Crippen MR) is 116 cm³/mol. The lowest BCUT2D eigenvalue weighted by atomic mass is 10.0. The fourth-order valence-electron chi connectivity index (χ4n) is 3.86. The monoisotopic (exact) mass is 446 g/mol. The average molecular weight is 446 g/mol. The lowest BCUT2D eigenvalue weighted by Gasteiger charge is -2.36. The van der Waals surface area contributed by atoms with Crippen LogP contribution in [0.2, 0.25) is 0 Å². The molecule has 0 saturated carbocycles. The fourth-order valence-corrected chi connectivity index (χ4v) is 3.86. The maximum Gasteiger partial charge on any atom is 0.338 e. The van der Waals surface area contributed by atoms with E-state index in [-0.39, 0.29) is 6.61 Å². The Hall–Kier alpha value is -3.52. The molecule has 5 atom stereocenters. The molecule has 2 heterocycles. The molecule has 0 aromatic heterocycles. The first kappa shape index (κ1) is 21.3. The van der Waals surface area contributed by atoms with Gasteiger partial charge in [-0.3, -0.25) is 0 Å². The lowest BCUT2D eigenvalue weighted by Crippen LogP contribution is -2.55. The number of ether oxygens (including phenoxy) is 5. The summed E-state index contributed by atoms with van der Waals surface area (Å²) in [5.74, 6) is -1.09. The van der Waals surface area contributed by atoms with Crippen molar-refractivity contribution in [2.45, 2.75) is 30.9 Å². The zero-order valence-corrected chi connectivity index (χ0v) is 17.6. The van der Waals surface area contributed by atoms with Crippen molar-refractivity contribution in [3.8, 4) is 0 Å². The number of rotatable bonds is 5. The van der Waals surface area contributed by atoms with Gasteiger partial charge in [-0.2, -0.15) is 0 Å². The summed E-state index contributed by atoms with van der Waals surface area (Å²) in [7, 11) is 0. The summed E-state index contributed by atoms with van der Waals surface area (Å²) < 4.78 is 29.4. The van der Waals surface area contributed by atoms with Crippen molar-refractivity contribution >= 4 is 11.9 Å². The molecule has 7 nitrogen and oxygen atoms in total. The zero-order chi connectivity index (χ0) is 22.6. The van der Waals surface area contributed by atoms with E-state index in [9.17, 15) is 9.59 Å². The van der Waals surface area contributed by atoms with Crippen molar-refractivity contribution in [2.24, 2.45) is 0 Å². The number of fused-ring (bicyclic) bond motifs is 1. The molecular formula is C26H22O7. The highest BCUT2D eigenvalue weighted by molar-refractivity contribution is 5.90. The third-order valence-corrected chi connectivity index (χ3v) is 5.51. The van der Waals surface area contributed by atoms with Crippen LogP contribution in [0.25, 0.3) is 0 Å². The molecule has 2 aliphatic heterocycles. The molecule has 3 aromatic carbocycles. The third-order valence-electron chi connectivity index (χ3n) is 5.51. The van der Waals surface area contributed by atoms with E-state index < -0.39 is 42.8 Å². The molecule has 0 bridgehead atoms. The Labute approximate surface area is 190 Å². The van der Waals surface area contributed by atoms with E-state index in [1.54, 1.807) is 48.5 Å². The normalized spacial score (nSPS) is 26.2. The largest absolute Gasteiger partial charge is 0.452 e. The topological polar surface area (TPSA) is 80.3 Å². The lowest BCUT2D eigenvalue weighted by molar-refractivity contribution is -0.211. The fraction of sp³-hybridized carbons (Fsp3) is 0.231. The molecule has 3 aromatic rings. The van der Waals surface area contributed by atoms with Gasteiger partial charge in [-0.25, -0.2) is 9.59 Å². The highest BCUT2D eigenvalue weighted by Gasteiger charge is 2.52. The van der Waals surface area contributed by atoms with Crippen molar-refractivity contribution in [1.29, 1.82) is 0 Å². The number of benzene rings is 3. The van der Waals surface area contributed by atoms with E-state index in [2.05, 4.69) is 0 Å². The smallest absolute Gasteiger partial charge is 0.338 e. The Morgan fingerprint density at radius 1 is 0.697 bits per heavy atom. The zero-order valence-electron chi connectivity index (χ0n) is 17.6. The van der Waals surface area contributed by atoms with Crippen LogP contribution in [0.5, 0.6) is 0 Å². The van der Waals surface area contributed by atoms with E-state index in [0.29, 0.717) is 11.1 Å². The van der Waals surface area contributed by atoms with Crippen molar-refractivity contribution in [1.82, 2.24) is 0 Å². The SMILES string of the molecule is O=C(O[C@@H]1[C@H]2O[C@@H](c3ccccc3)O[C@H]2OC[C@@H]1OC(=O)c1ccccc1)c1ccccc1. The molecule has 0 radical (unpaired) electrons. The minimum absolute atomic E-state index is 0.00263. The van der Waals surface area contributed by atoms with E-state index in [1.165, 1.54) is 0 Å². The van der Waals surface area contributed by atoms with Crippen LogP contribution in [0.3, 0.4) is 0 Å². The molecule has 5 rings (SSSR count). The molecule has 2 fully saturated rings. The quantitative estimate of drug-likeness (QED) is 0.550. The van der Waals surface area contributed by atoms with Gasteiger partial charge in [0.25, 0.3) is 0 Å². The Bertz CT molecular complexity index is 1090. The van der Waals surface area contributed by atoms with Crippen molar-refractivity contribution in [3.63, 3.8) is 0 Å². The summed E-state index contributed by atoms with van der Waals surface area (Å²) in [6.45, 7) is -0.00263. The van der Waals surface area contributed by atoms with E-state index in [1.807, 2.05) is 42.5 Å². The number of hydrogen-bond acceptors (Lipinski definition) is 7. The van der Waals surface area contributed by atoms with Gasteiger partial charge < -0.3 is 23.7 Å². The van der Waals surface area contributed by atoms with E-state index in [4.69, 9.17) is 23.7 Å². The van der Waals surface area contributed by atoms with Gasteiger partial charge in [0.05, 0.1) is 17.7 Å². The molecule has 2 aliphatic rings. The molecule has 0 N–H and O–H groups in total. The molecular weight excluding hydrogens is 424 g/mol. The van der Waals surface area contributed by atoms with E-state index >= 15 is 0 Å². The highest BCUT2D eigenvalue weighted by atomic mass is 16.8. The number of carbonyl (C=O) groups is 2. The van der Waals surface area contributed by atoms with Crippen molar-refractivity contribution in [2.75, 3.05) is 6.61 Å². The first-order valence-electron chi connectivity index (χ1n) is 10.7. The summed E-state index contributed by atoms with van der Waals surface area (Å²) in [4.78, 5) is 25.6. The Balaban J connectivity index is 1.38. The molecule has 168 valence electrons. The summed E-state index contributed by atoms with van der Waals surface area (Å²) in [5, 5.41) is 0. The van der Waals surface area contributed by atoms with Crippen LogP contribution in [0, 0.1) is 0 Å². The van der Waals surface area contributed by atoms with Gasteiger partial charge >= 0.3 is 11.9 Å². The molecule has 0 amide bonds. The maximum absolute atomic E-state index is 12.9. The first-order valence-corrected chi connectivity index (χ1v) is 10.7. The first-order chi connectivity index (χ1) is 16.2. The summed E-state index contributed by atoms with van der Waals surface area (Å²) in [6.07, 6.45) is -4.02. The number of hydrogen-bond donors (Lipinski definition) is 0. The minimum atomic E-state index is -0.919. The van der Waals surface area contributed by atoms with E-state index in [0.717, 1.165) is 5.56 Å². The molecule has 33 heavy (non-hydrogen) atoms. The summed E-state index contributed by atoms with van der Waals surface area (Å²) >= 11 is 0. The Morgan fingerprint density at radius 3 is 1.85 bits per heavy atom. The van der Waals surface area contributed by atoms with Crippen LogP contribution in [0.4, 0.5) is 0 Å². The second-order valence-corrected chi connectivity index (χ2v) is 7.73. The van der Waals surface area contributed by atoms with Crippen LogP contribution < -0.4 is 0 Å². The van der Waals surface area contributed by atoms with Crippen molar-refractivity contribution in [3.05, 3.63) is 108 Å². The third kappa shape index (κ3) is 4.66. The van der Waals surface area contributed by atoms with Gasteiger partial charge in [0, 0.05) is 5.56 Å². The van der Waals surface area contributed by atoms with Gasteiger partial charge in [0.2, 0.25) is 0 Å². The van der Waals surface area contributed by atoms with Gasteiger partial charge in [-0.1, -0.05) is 66.7 Å². The standard InChI is InChI=1S/C26H22O7/c27-23(17-10-4-1-5-11-17)30-20-16-29-26-22(32-25(33-26)19-14-8-3-9-15-19)21(20)31-24(28)18-12-6-2-7-13-18/h1-15,20-22,25-26H,16H2/t20-,21-,22+,25+,26+/m0/s1. The van der Waals surface area contributed by atoms with Crippen LogP contribution in [-0.2, 0) is 23.7 Å². The summed E-state index contributed by atoms with van der Waals surface area (Å²) in [6, 6.07) is 26.6. The Morgan fingerprint density at radius 2 is 1.24 bits per heavy atom. The predicted octanol–water partition coefficient (Wildman–Crippen LogP) is 3.91. The second kappa shape index (κ2) is 9.54. The number of esters is 2. The van der Waals surface area contributed by atoms with Crippen LogP contribution in [-0.4, -0.2) is 43.1 Å². The van der Waals surface area contributed by atoms with Gasteiger partial charge in [-0.15, -0.1) is 0 Å². The molecule has 7 heteroatoms. The van der Waals surface area contributed by atoms with Crippen LogP contribution >= 0.6 is 0 Å². The summed E-state index contributed by atoms with van der Waals surface area (Å²) in [5.41, 5.74) is 1.58. The molecule has 0 aliphatic carbocycles. The Kier molecular flexibility index (Phi) is 6.17. The van der Waals surface area contributed by atoms with Crippen molar-refractivity contribution < 1.29 is 33.3 Å². The minimum Gasteiger partial charge on any atom is -0.452 e. The van der Waals surface area contributed by atoms with Crippen LogP contribution in [0.1, 0.15) is 32.6 Å². The molecule has 0 spiro atoms. The molecule has 2 saturated heterocycles. The average Bonchev–Trinajstić information content (AvgIpc) is 3.32. The maximum atomic E-state index is 12.9. The molecule has 0 unspecified atom stereocenters. The van der Waals surface area contributed by atoms with Crippen LogP contribution in [0.15, 0.2) is 91.0 Å². The highest BCUT2D eigenvalue weighted by Crippen LogP contribution is 2.38. The van der Waals surface area contributed by atoms with Gasteiger partial charge in [0.1, 0.15) is 0 Å². The van der Waals surface area contributed by atoms with Gasteiger partial charge in [-0.05, 0) is 24.3 Å². The second-order valence-electron chi connectivity index (χ2n) is 7.73. The number of carbonyl (C=O) groups excluding carboxylic acids is 2.